The fourth-order valence-corrected chi connectivity index (χ4v) is 4.41. The largest absolute Gasteiger partial charge is 0.309 e. The quantitative estimate of drug-likeness (QED) is 0.327. The van der Waals surface area contributed by atoms with Gasteiger partial charge in [0.2, 0.25) is 0 Å². The van der Waals surface area contributed by atoms with E-state index in [9.17, 15) is 0 Å². The highest BCUT2D eigenvalue weighted by atomic mass is 15.2. The summed E-state index contributed by atoms with van der Waals surface area (Å²) in [5.41, 5.74) is 3.38. The van der Waals surface area contributed by atoms with E-state index in [0.717, 1.165) is 35.2 Å². The smallest absolute Gasteiger partial charge is 0.274 e. The third kappa shape index (κ3) is 2.61. The summed E-state index contributed by atoms with van der Waals surface area (Å²) in [7, 11) is 0. The van der Waals surface area contributed by atoms with Gasteiger partial charge in [-0.05, 0) is 16.7 Å². The van der Waals surface area contributed by atoms with Gasteiger partial charge in [-0.15, -0.1) is 0 Å². The topological polar surface area (TPSA) is 22.2 Å². The van der Waals surface area contributed by atoms with Crippen molar-refractivity contribution in [2.24, 2.45) is 0 Å². The van der Waals surface area contributed by atoms with Crippen LogP contribution in [0.4, 0.5) is 0 Å². The summed E-state index contributed by atoms with van der Waals surface area (Å²) in [6.07, 6.45) is 5.55. The number of rotatable bonds is 5. The Kier molecular flexibility index (Phi) is 4.07. The Morgan fingerprint density at radius 1 is 0.759 bits per heavy atom. The van der Waals surface area contributed by atoms with Crippen LogP contribution >= 0.6 is 0 Å². The lowest BCUT2D eigenvalue weighted by Crippen LogP contribution is -2.39. The second-order valence-corrected chi connectivity index (χ2v) is 7.60. The molecule has 0 saturated heterocycles. The minimum absolute atomic E-state index is 0.458. The van der Waals surface area contributed by atoms with Crippen LogP contribution < -0.4 is 0 Å². The zero-order chi connectivity index (χ0) is 19.7. The second kappa shape index (κ2) is 6.76. The normalized spacial score (nSPS) is 14.9. The van der Waals surface area contributed by atoms with Crippen molar-refractivity contribution in [3.63, 3.8) is 0 Å². The van der Waals surface area contributed by atoms with Crippen LogP contribution in [0.25, 0.3) is 4.85 Å². The van der Waals surface area contributed by atoms with E-state index in [4.69, 9.17) is 6.57 Å². The molecule has 1 fully saturated rings. The molecule has 0 bridgehead atoms. The molecular formula is C26H21N3. The molecule has 29 heavy (non-hydrogen) atoms. The van der Waals surface area contributed by atoms with E-state index < -0.39 is 11.1 Å². The maximum absolute atomic E-state index is 7.84. The van der Waals surface area contributed by atoms with Crippen molar-refractivity contribution in [2.45, 2.75) is 23.9 Å². The first-order valence-corrected chi connectivity index (χ1v) is 9.90. The molecule has 0 amide bonds. The Labute approximate surface area is 171 Å². The van der Waals surface area contributed by atoms with Gasteiger partial charge in [-0.3, -0.25) is 0 Å². The SMILES string of the molecule is [C-]#[N+]C1(c2cncn2C(c2ccccc2)(c2ccccc2)c2ccccc2)CC1. The van der Waals surface area contributed by atoms with Gasteiger partial charge in [-0.25, -0.2) is 11.6 Å². The molecule has 3 heteroatoms. The number of hydrogen-bond donors (Lipinski definition) is 0. The van der Waals surface area contributed by atoms with Crippen LogP contribution in [0.3, 0.4) is 0 Å². The lowest BCUT2D eigenvalue weighted by molar-refractivity contribution is 0.484. The van der Waals surface area contributed by atoms with E-state index in [-0.39, 0.29) is 0 Å². The number of nitrogens with zero attached hydrogens (tertiary/aromatic N) is 3. The van der Waals surface area contributed by atoms with Crippen LogP contribution in [-0.2, 0) is 11.1 Å². The van der Waals surface area contributed by atoms with Crippen LogP contribution in [0.5, 0.6) is 0 Å². The molecule has 1 saturated carbocycles. The van der Waals surface area contributed by atoms with E-state index in [1.165, 1.54) is 0 Å². The number of imidazole rings is 1. The molecule has 3 aromatic carbocycles. The average Bonchev–Trinajstić information content (AvgIpc) is 3.45. The van der Waals surface area contributed by atoms with E-state index in [1.807, 2.05) is 30.7 Å². The van der Waals surface area contributed by atoms with Crippen molar-refractivity contribution >= 4 is 0 Å². The first-order chi connectivity index (χ1) is 14.3. The van der Waals surface area contributed by atoms with Crippen molar-refractivity contribution in [1.82, 2.24) is 9.55 Å². The van der Waals surface area contributed by atoms with E-state index >= 15 is 0 Å². The van der Waals surface area contributed by atoms with Crippen LogP contribution in [0.1, 0.15) is 35.2 Å². The molecular weight excluding hydrogens is 354 g/mol. The van der Waals surface area contributed by atoms with Crippen LogP contribution in [0.2, 0.25) is 0 Å². The van der Waals surface area contributed by atoms with E-state index in [1.54, 1.807) is 0 Å². The third-order valence-corrected chi connectivity index (χ3v) is 5.99. The predicted octanol–water partition coefficient (Wildman–Crippen LogP) is 5.63. The zero-order valence-electron chi connectivity index (χ0n) is 16.1. The number of hydrogen-bond acceptors (Lipinski definition) is 1. The summed E-state index contributed by atoms with van der Waals surface area (Å²) in [6.45, 7) is 7.84. The van der Waals surface area contributed by atoms with Crippen LogP contribution in [0, 0.1) is 6.57 Å². The second-order valence-electron chi connectivity index (χ2n) is 7.60. The highest BCUT2D eigenvalue weighted by Gasteiger charge is 2.57. The van der Waals surface area contributed by atoms with Gasteiger partial charge >= 0.3 is 0 Å². The third-order valence-electron chi connectivity index (χ3n) is 5.99. The van der Waals surface area contributed by atoms with Crippen molar-refractivity contribution < 1.29 is 0 Å². The Hall–Kier alpha value is -3.64. The molecule has 3 nitrogen and oxygen atoms in total. The Morgan fingerprint density at radius 3 is 1.59 bits per heavy atom. The monoisotopic (exact) mass is 375 g/mol. The maximum atomic E-state index is 7.84. The molecule has 1 aliphatic carbocycles. The van der Waals surface area contributed by atoms with E-state index in [2.05, 4.69) is 87.2 Å². The molecule has 4 aromatic rings. The molecule has 5 rings (SSSR count). The molecule has 0 spiro atoms. The minimum Gasteiger partial charge on any atom is -0.309 e. The summed E-state index contributed by atoms with van der Waals surface area (Å²) in [5.74, 6) is 0. The summed E-state index contributed by atoms with van der Waals surface area (Å²) in [6, 6.07) is 31.6. The van der Waals surface area contributed by atoms with Gasteiger partial charge in [0, 0.05) is 12.8 Å². The molecule has 1 aliphatic rings. The van der Waals surface area contributed by atoms with Crippen molar-refractivity contribution in [3.05, 3.63) is 137 Å². The van der Waals surface area contributed by atoms with Gasteiger partial charge in [0.15, 0.2) is 0 Å². The molecule has 1 heterocycles. The molecule has 0 radical (unpaired) electrons. The fraction of sp³-hybridized carbons (Fsp3) is 0.154. The molecule has 0 atom stereocenters. The van der Waals surface area contributed by atoms with Gasteiger partial charge in [0.05, 0.1) is 12.5 Å². The van der Waals surface area contributed by atoms with Crippen molar-refractivity contribution in [2.75, 3.05) is 0 Å². The average molecular weight is 375 g/mol. The Bertz CT molecular complexity index is 1050. The molecule has 0 N–H and O–H groups in total. The first-order valence-electron chi connectivity index (χ1n) is 9.90. The fourth-order valence-electron chi connectivity index (χ4n) is 4.41. The summed E-state index contributed by atoms with van der Waals surface area (Å²) in [4.78, 5) is 8.56. The standard InChI is InChI=1S/C26H21N3/c1-27-25(17-18-25)24-19-28-20-29(24)26(21-11-5-2-6-12-21,22-13-7-3-8-14-22)23-15-9-4-10-16-23/h2-16,19-20H,17-18H2. The minimum atomic E-state index is -0.601. The van der Waals surface area contributed by atoms with Gasteiger partial charge in [-0.2, -0.15) is 0 Å². The van der Waals surface area contributed by atoms with Crippen LogP contribution in [-0.4, -0.2) is 9.55 Å². The predicted molar refractivity (Wildman–Crippen MR) is 114 cm³/mol. The highest BCUT2D eigenvalue weighted by Crippen LogP contribution is 2.52. The summed E-state index contributed by atoms with van der Waals surface area (Å²) in [5, 5.41) is 0. The van der Waals surface area contributed by atoms with Gasteiger partial charge < -0.3 is 9.41 Å². The van der Waals surface area contributed by atoms with Gasteiger partial charge in [-0.1, -0.05) is 91.0 Å². The molecule has 1 aromatic heterocycles. The highest BCUT2D eigenvalue weighted by molar-refractivity contribution is 5.52. The molecule has 0 aliphatic heterocycles. The zero-order valence-corrected chi connectivity index (χ0v) is 16.1. The summed E-state index contributed by atoms with van der Waals surface area (Å²) < 4.78 is 2.23. The van der Waals surface area contributed by atoms with Crippen LogP contribution in [0.15, 0.2) is 104 Å². The van der Waals surface area contributed by atoms with Gasteiger partial charge in [0.1, 0.15) is 11.2 Å². The number of benzene rings is 3. The summed E-state index contributed by atoms with van der Waals surface area (Å²) >= 11 is 0. The Balaban J connectivity index is 1.91. The lowest BCUT2D eigenvalue weighted by Gasteiger charge is -2.38. The lowest BCUT2D eigenvalue weighted by atomic mass is 9.76. The molecule has 140 valence electrons. The number of aromatic nitrogens is 2. The maximum Gasteiger partial charge on any atom is 0.274 e. The van der Waals surface area contributed by atoms with Crippen molar-refractivity contribution in [3.8, 4) is 0 Å². The van der Waals surface area contributed by atoms with E-state index in [0.29, 0.717) is 0 Å². The Morgan fingerprint density at radius 2 is 1.21 bits per heavy atom. The van der Waals surface area contributed by atoms with Crippen molar-refractivity contribution in [1.29, 1.82) is 0 Å². The first kappa shape index (κ1) is 17.5. The molecule has 0 unspecified atom stereocenters. The van der Waals surface area contributed by atoms with Gasteiger partial charge in [0.25, 0.3) is 5.54 Å².